The third kappa shape index (κ3) is 7.09. The fourth-order valence-electron chi connectivity index (χ4n) is 2.90. The molecule has 7 heteroatoms. The average molecular weight is 469 g/mol. The molecule has 1 aliphatic carbocycles. The summed E-state index contributed by atoms with van der Waals surface area (Å²) in [5.74, 6) is 1.63. The van der Waals surface area contributed by atoms with Gasteiger partial charge >= 0.3 is 0 Å². The van der Waals surface area contributed by atoms with Gasteiger partial charge in [0.1, 0.15) is 0 Å². The number of nitrogens with one attached hydrogen (secondary N) is 2. The number of nitrogens with zero attached hydrogens (tertiary/aromatic N) is 1. The van der Waals surface area contributed by atoms with Crippen molar-refractivity contribution in [2.24, 2.45) is 4.99 Å². The van der Waals surface area contributed by atoms with Crippen molar-refractivity contribution in [3.63, 3.8) is 0 Å². The van der Waals surface area contributed by atoms with Crippen LogP contribution in [0, 0.1) is 0 Å². The lowest BCUT2D eigenvalue weighted by Gasteiger charge is -2.30. The van der Waals surface area contributed by atoms with Crippen LogP contribution in [0.2, 0.25) is 0 Å². The van der Waals surface area contributed by atoms with Gasteiger partial charge in [-0.1, -0.05) is 19.4 Å². The van der Waals surface area contributed by atoms with E-state index in [-0.39, 0.29) is 24.0 Å². The van der Waals surface area contributed by atoms with E-state index in [1.165, 1.54) is 4.88 Å². The molecule has 0 aromatic carbocycles. The predicted octanol–water partition coefficient (Wildman–Crippen LogP) is 3.15. The summed E-state index contributed by atoms with van der Waals surface area (Å²) in [5.41, 5.74) is 0. The van der Waals surface area contributed by atoms with Crippen LogP contribution in [0.1, 0.15) is 37.5 Å². The lowest BCUT2D eigenvalue weighted by molar-refractivity contribution is 0.413. The molecule has 0 bridgehead atoms. The first-order valence-corrected chi connectivity index (χ1v) is 10.4. The Morgan fingerprint density at radius 3 is 2.96 bits per heavy atom. The summed E-state index contributed by atoms with van der Waals surface area (Å²) in [7, 11) is 1.14. The molecule has 0 spiro atoms. The first-order chi connectivity index (χ1) is 10.7. The molecule has 3 atom stereocenters. The van der Waals surface area contributed by atoms with Gasteiger partial charge in [0.05, 0.1) is 0 Å². The highest BCUT2D eigenvalue weighted by atomic mass is 127. The molecule has 3 unspecified atom stereocenters. The summed E-state index contributed by atoms with van der Waals surface area (Å²) >= 11 is 1.79. The highest BCUT2D eigenvalue weighted by Gasteiger charge is 2.25. The number of hydrogen-bond acceptors (Lipinski definition) is 3. The first-order valence-electron chi connectivity index (χ1n) is 8.09. The number of hydrogen-bond donors (Lipinski definition) is 2. The van der Waals surface area contributed by atoms with E-state index in [0.29, 0.717) is 11.3 Å². The van der Waals surface area contributed by atoms with Crippen LogP contribution in [0.3, 0.4) is 0 Å². The summed E-state index contributed by atoms with van der Waals surface area (Å²) in [6, 6.07) is 4.64. The van der Waals surface area contributed by atoms with Crippen molar-refractivity contribution in [3.05, 3.63) is 22.4 Å². The van der Waals surface area contributed by atoms with E-state index < -0.39 is 10.8 Å². The summed E-state index contributed by atoms with van der Waals surface area (Å²) in [6.45, 7) is 2.90. The number of guanidine groups is 1. The Morgan fingerprint density at radius 1 is 1.48 bits per heavy atom. The molecule has 0 radical (unpaired) electrons. The van der Waals surface area contributed by atoms with Crippen LogP contribution in [0.25, 0.3) is 0 Å². The molecule has 2 N–H and O–H groups in total. The maximum Gasteiger partial charge on any atom is 0.191 e. The average Bonchev–Trinajstić information content (AvgIpc) is 3.06. The van der Waals surface area contributed by atoms with Gasteiger partial charge in [0.2, 0.25) is 0 Å². The van der Waals surface area contributed by atoms with E-state index in [1.807, 2.05) is 14.0 Å². The SMILES string of the molecule is CCS(=O)C1CCCC(NC(=NC)NCCc2cccs2)C1.I. The van der Waals surface area contributed by atoms with Crippen LogP contribution in [0.15, 0.2) is 22.5 Å². The van der Waals surface area contributed by atoms with Gasteiger partial charge < -0.3 is 10.6 Å². The number of halogens is 1. The van der Waals surface area contributed by atoms with Gasteiger partial charge in [-0.05, 0) is 37.1 Å². The fraction of sp³-hybridized carbons (Fsp3) is 0.688. The molecular weight excluding hydrogens is 441 g/mol. The summed E-state index contributed by atoms with van der Waals surface area (Å²) in [6.07, 6.45) is 5.41. The van der Waals surface area contributed by atoms with Crippen LogP contribution >= 0.6 is 35.3 Å². The van der Waals surface area contributed by atoms with E-state index in [0.717, 1.165) is 50.4 Å². The third-order valence-electron chi connectivity index (χ3n) is 4.09. The van der Waals surface area contributed by atoms with E-state index in [2.05, 4.69) is 33.1 Å². The zero-order valence-electron chi connectivity index (χ0n) is 13.9. The van der Waals surface area contributed by atoms with E-state index in [1.54, 1.807) is 11.3 Å². The minimum absolute atomic E-state index is 0. The number of thiophene rings is 1. The van der Waals surface area contributed by atoms with Gasteiger partial charge in [-0.3, -0.25) is 9.20 Å². The van der Waals surface area contributed by atoms with E-state index in [9.17, 15) is 4.21 Å². The van der Waals surface area contributed by atoms with Gasteiger partial charge in [0, 0.05) is 46.3 Å². The second-order valence-electron chi connectivity index (χ2n) is 5.63. The van der Waals surface area contributed by atoms with Crippen LogP contribution < -0.4 is 10.6 Å². The highest BCUT2D eigenvalue weighted by molar-refractivity contribution is 14.0. The minimum atomic E-state index is -0.675. The summed E-state index contributed by atoms with van der Waals surface area (Å²) < 4.78 is 12.0. The van der Waals surface area contributed by atoms with E-state index >= 15 is 0 Å². The predicted molar refractivity (Wildman–Crippen MR) is 113 cm³/mol. The van der Waals surface area contributed by atoms with Crippen LogP contribution in [-0.4, -0.2) is 40.8 Å². The Hall–Kier alpha value is -0.150. The Bertz CT molecular complexity index is 494. The van der Waals surface area contributed by atoms with Crippen molar-refractivity contribution >= 4 is 52.1 Å². The van der Waals surface area contributed by atoms with Crippen molar-refractivity contribution < 1.29 is 4.21 Å². The Balaban J connectivity index is 0.00000264. The van der Waals surface area contributed by atoms with Crippen molar-refractivity contribution in [1.82, 2.24) is 10.6 Å². The summed E-state index contributed by atoms with van der Waals surface area (Å²) in [4.78, 5) is 5.70. The first kappa shape index (κ1) is 20.9. The number of aliphatic imine (C=N–C) groups is 1. The van der Waals surface area contributed by atoms with Crippen LogP contribution in [-0.2, 0) is 17.2 Å². The van der Waals surface area contributed by atoms with Gasteiger partial charge in [0.15, 0.2) is 5.96 Å². The second-order valence-corrected chi connectivity index (χ2v) is 8.67. The minimum Gasteiger partial charge on any atom is -0.356 e. The molecule has 1 aliphatic rings. The van der Waals surface area contributed by atoms with Crippen LogP contribution in [0.5, 0.6) is 0 Å². The Kier molecular flexibility index (Phi) is 10.4. The molecule has 0 saturated heterocycles. The molecule has 1 saturated carbocycles. The van der Waals surface area contributed by atoms with Gasteiger partial charge in [-0.25, -0.2) is 0 Å². The molecule has 0 aliphatic heterocycles. The smallest absolute Gasteiger partial charge is 0.191 e. The second kappa shape index (κ2) is 11.4. The zero-order chi connectivity index (χ0) is 15.8. The number of rotatable bonds is 6. The maximum atomic E-state index is 12.0. The maximum absolute atomic E-state index is 12.0. The van der Waals surface area contributed by atoms with Crippen molar-refractivity contribution in [3.8, 4) is 0 Å². The lowest BCUT2D eigenvalue weighted by Crippen LogP contribution is -2.47. The van der Waals surface area contributed by atoms with Crippen LogP contribution in [0.4, 0.5) is 0 Å². The molecule has 23 heavy (non-hydrogen) atoms. The third-order valence-corrected chi connectivity index (χ3v) is 6.77. The van der Waals surface area contributed by atoms with Gasteiger partial charge in [-0.2, -0.15) is 0 Å². The van der Waals surface area contributed by atoms with Gasteiger partial charge in [-0.15, -0.1) is 35.3 Å². The quantitative estimate of drug-likeness (QED) is 0.383. The van der Waals surface area contributed by atoms with Crippen molar-refractivity contribution in [2.45, 2.75) is 50.3 Å². The molecular formula is C16H28IN3OS2. The fourth-order valence-corrected chi connectivity index (χ4v) is 4.95. The molecule has 132 valence electrons. The topological polar surface area (TPSA) is 53.5 Å². The molecule has 1 aromatic heterocycles. The lowest BCUT2D eigenvalue weighted by atomic mass is 9.95. The molecule has 4 nitrogen and oxygen atoms in total. The molecule has 1 aromatic rings. The summed E-state index contributed by atoms with van der Waals surface area (Å²) in [5, 5.41) is 9.34. The molecule has 0 amide bonds. The molecule has 2 rings (SSSR count). The monoisotopic (exact) mass is 469 g/mol. The molecule has 1 fully saturated rings. The Labute approximate surface area is 163 Å². The zero-order valence-corrected chi connectivity index (χ0v) is 17.9. The normalized spacial score (nSPS) is 23.0. The van der Waals surface area contributed by atoms with Crippen molar-refractivity contribution in [2.75, 3.05) is 19.3 Å². The van der Waals surface area contributed by atoms with E-state index in [4.69, 9.17) is 0 Å². The van der Waals surface area contributed by atoms with Gasteiger partial charge in [0.25, 0.3) is 0 Å². The highest BCUT2D eigenvalue weighted by Crippen LogP contribution is 2.22. The standard InChI is InChI=1S/C16H27N3OS2.HI/c1-3-22(20)15-8-4-6-13(12-15)19-16(17-2)18-10-9-14-7-5-11-21-14;/h5,7,11,13,15H,3-4,6,8-10,12H2,1-2H3,(H2,17,18,19);1H. The Morgan fingerprint density at radius 2 is 2.30 bits per heavy atom. The molecule has 1 heterocycles. The largest absolute Gasteiger partial charge is 0.356 e. The van der Waals surface area contributed by atoms with Crippen molar-refractivity contribution in [1.29, 1.82) is 0 Å².